The zero-order chi connectivity index (χ0) is 17.6. The standard InChI is InChI=1S/C19H18N4O2/c1-23(14-8-4-3-5-9-14)19(24)16-12-21-18(13-20-16)22-15-10-6-7-11-17(15)25-2/h3-13H,1-2H3,(H,21,22). The minimum absolute atomic E-state index is 0.220. The summed E-state index contributed by atoms with van der Waals surface area (Å²) in [5, 5.41) is 3.13. The summed E-state index contributed by atoms with van der Waals surface area (Å²) < 4.78 is 5.29. The van der Waals surface area contributed by atoms with E-state index in [1.54, 1.807) is 14.2 Å². The fraction of sp³-hybridized carbons (Fsp3) is 0.105. The monoisotopic (exact) mass is 334 g/mol. The van der Waals surface area contributed by atoms with Crippen LogP contribution in [0.5, 0.6) is 5.75 Å². The Labute approximate surface area is 146 Å². The molecule has 1 amide bonds. The molecule has 0 radical (unpaired) electrons. The van der Waals surface area contributed by atoms with E-state index in [0.29, 0.717) is 11.6 Å². The van der Waals surface area contributed by atoms with Crippen molar-refractivity contribution >= 4 is 23.1 Å². The zero-order valence-electron chi connectivity index (χ0n) is 14.0. The maximum Gasteiger partial charge on any atom is 0.278 e. The van der Waals surface area contributed by atoms with Crippen LogP contribution in [0.25, 0.3) is 0 Å². The maximum absolute atomic E-state index is 12.5. The minimum atomic E-state index is -0.220. The van der Waals surface area contributed by atoms with Gasteiger partial charge in [-0.05, 0) is 24.3 Å². The Kier molecular flexibility index (Phi) is 4.89. The summed E-state index contributed by atoms with van der Waals surface area (Å²) in [5.41, 5.74) is 1.85. The number of methoxy groups -OCH3 is 1. The van der Waals surface area contributed by atoms with E-state index in [4.69, 9.17) is 4.74 Å². The molecule has 2 aromatic carbocycles. The summed E-state index contributed by atoms with van der Waals surface area (Å²) in [6.07, 6.45) is 2.98. The molecule has 0 aliphatic rings. The average Bonchev–Trinajstić information content (AvgIpc) is 2.68. The van der Waals surface area contributed by atoms with Crippen LogP contribution in [0.15, 0.2) is 67.0 Å². The first-order valence-corrected chi connectivity index (χ1v) is 7.74. The van der Waals surface area contributed by atoms with Gasteiger partial charge in [-0.2, -0.15) is 0 Å². The third kappa shape index (κ3) is 3.74. The van der Waals surface area contributed by atoms with Crippen LogP contribution in [0.3, 0.4) is 0 Å². The third-order valence-electron chi connectivity index (χ3n) is 3.69. The molecule has 1 N–H and O–H groups in total. The molecule has 6 heteroatoms. The number of anilines is 3. The van der Waals surface area contributed by atoms with Gasteiger partial charge < -0.3 is 15.0 Å². The Bertz CT molecular complexity index is 851. The smallest absolute Gasteiger partial charge is 0.278 e. The van der Waals surface area contributed by atoms with Crippen molar-refractivity contribution in [2.75, 3.05) is 24.4 Å². The molecule has 3 aromatic rings. The number of carbonyl (C=O) groups excluding carboxylic acids is 1. The van der Waals surface area contributed by atoms with Gasteiger partial charge in [-0.15, -0.1) is 0 Å². The van der Waals surface area contributed by atoms with E-state index in [1.165, 1.54) is 17.3 Å². The summed E-state index contributed by atoms with van der Waals surface area (Å²) in [6.45, 7) is 0. The quantitative estimate of drug-likeness (QED) is 0.773. The molecule has 0 aliphatic carbocycles. The highest BCUT2D eigenvalue weighted by Gasteiger charge is 2.15. The van der Waals surface area contributed by atoms with Crippen molar-refractivity contribution in [3.63, 3.8) is 0 Å². The number of nitrogens with one attached hydrogen (secondary N) is 1. The van der Waals surface area contributed by atoms with Crippen LogP contribution in [0, 0.1) is 0 Å². The van der Waals surface area contributed by atoms with E-state index in [1.807, 2.05) is 54.6 Å². The van der Waals surface area contributed by atoms with Gasteiger partial charge in [-0.1, -0.05) is 30.3 Å². The summed E-state index contributed by atoms with van der Waals surface area (Å²) >= 11 is 0. The van der Waals surface area contributed by atoms with Crippen LogP contribution in [0.4, 0.5) is 17.2 Å². The van der Waals surface area contributed by atoms with Crippen molar-refractivity contribution in [2.24, 2.45) is 0 Å². The molecule has 0 bridgehead atoms. The third-order valence-corrected chi connectivity index (χ3v) is 3.69. The van der Waals surface area contributed by atoms with Crippen molar-refractivity contribution in [2.45, 2.75) is 0 Å². The zero-order valence-corrected chi connectivity index (χ0v) is 14.0. The first-order chi connectivity index (χ1) is 12.2. The molecular weight excluding hydrogens is 316 g/mol. The van der Waals surface area contributed by atoms with Crippen LogP contribution in [-0.2, 0) is 0 Å². The molecule has 0 atom stereocenters. The Balaban J connectivity index is 1.75. The number of hydrogen-bond acceptors (Lipinski definition) is 5. The van der Waals surface area contributed by atoms with Crippen molar-refractivity contribution in [3.05, 3.63) is 72.7 Å². The molecule has 126 valence electrons. The van der Waals surface area contributed by atoms with Gasteiger partial charge >= 0.3 is 0 Å². The highest BCUT2D eigenvalue weighted by molar-refractivity contribution is 6.04. The first-order valence-electron chi connectivity index (χ1n) is 7.74. The van der Waals surface area contributed by atoms with E-state index in [9.17, 15) is 4.79 Å². The predicted molar refractivity (Wildman–Crippen MR) is 97.5 cm³/mol. The Hall–Kier alpha value is -3.41. The number of para-hydroxylation sites is 3. The summed E-state index contributed by atoms with van der Waals surface area (Å²) in [6, 6.07) is 16.9. The van der Waals surface area contributed by atoms with Crippen LogP contribution in [0.2, 0.25) is 0 Å². The van der Waals surface area contributed by atoms with Crippen LogP contribution >= 0.6 is 0 Å². The largest absolute Gasteiger partial charge is 0.495 e. The molecule has 0 saturated carbocycles. The van der Waals surface area contributed by atoms with Gasteiger partial charge in [0.15, 0.2) is 0 Å². The molecule has 1 aromatic heterocycles. The van der Waals surface area contributed by atoms with E-state index < -0.39 is 0 Å². The second-order valence-electron chi connectivity index (χ2n) is 5.31. The van der Waals surface area contributed by atoms with Gasteiger partial charge in [-0.25, -0.2) is 9.97 Å². The number of nitrogens with zero attached hydrogens (tertiary/aromatic N) is 3. The molecule has 0 spiro atoms. The molecule has 6 nitrogen and oxygen atoms in total. The van der Waals surface area contributed by atoms with Crippen LogP contribution in [-0.4, -0.2) is 30.0 Å². The predicted octanol–water partition coefficient (Wildman–Crippen LogP) is 3.51. The van der Waals surface area contributed by atoms with Gasteiger partial charge in [-0.3, -0.25) is 4.79 Å². The van der Waals surface area contributed by atoms with Crippen molar-refractivity contribution < 1.29 is 9.53 Å². The summed E-state index contributed by atoms with van der Waals surface area (Å²) in [7, 11) is 3.31. The van der Waals surface area contributed by atoms with E-state index in [2.05, 4.69) is 15.3 Å². The van der Waals surface area contributed by atoms with E-state index >= 15 is 0 Å². The maximum atomic E-state index is 12.5. The number of rotatable bonds is 5. The highest BCUT2D eigenvalue weighted by Crippen LogP contribution is 2.25. The van der Waals surface area contributed by atoms with Gasteiger partial charge in [0.2, 0.25) is 0 Å². The van der Waals surface area contributed by atoms with Gasteiger partial charge in [0.05, 0.1) is 25.2 Å². The highest BCUT2D eigenvalue weighted by atomic mass is 16.5. The molecule has 3 rings (SSSR count). The minimum Gasteiger partial charge on any atom is -0.495 e. The SMILES string of the molecule is COc1ccccc1Nc1cnc(C(=O)N(C)c2ccccc2)cn1. The number of ether oxygens (including phenoxy) is 1. The Morgan fingerprint density at radius 1 is 1.00 bits per heavy atom. The number of carbonyl (C=O) groups is 1. The summed E-state index contributed by atoms with van der Waals surface area (Å²) in [4.78, 5) is 22.5. The Morgan fingerprint density at radius 2 is 1.72 bits per heavy atom. The second-order valence-corrected chi connectivity index (χ2v) is 5.31. The lowest BCUT2D eigenvalue weighted by atomic mass is 10.3. The molecule has 0 fully saturated rings. The van der Waals surface area contributed by atoms with E-state index in [0.717, 1.165) is 11.4 Å². The van der Waals surface area contributed by atoms with Crippen LogP contribution < -0.4 is 15.0 Å². The lowest BCUT2D eigenvalue weighted by Gasteiger charge is -2.16. The Morgan fingerprint density at radius 3 is 2.40 bits per heavy atom. The number of hydrogen-bond donors (Lipinski definition) is 1. The van der Waals surface area contributed by atoms with Crippen molar-refractivity contribution in [3.8, 4) is 5.75 Å². The topological polar surface area (TPSA) is 67.3 Å². The summed E-state index contributed by atoms with van der Waals surface area (Å²) in [5.74, 6) is 1.01. The number of aromatic nitrogens is 2. The van der Waals surface area contributed by atoms with Crippen molar-refractivity contribution in [1.82, 2.24) is 9.97 Å². The lowest BCUT2D eigenvalue weighted by Crippen LogP contribution is -2.27. The number of amides is 1. The molecule has 0 saturated heterocycles. The van der Waals surface area contributed by atoms with Gasteiger partial charge in [0.1, 0.15) is 17.3 Å². The first kappa shape index (κ1) is 16.4. The lowest BCUT2D eigenvalue weighted by molar-refractivity contribution is 0.0988. The van der Waals surface area contributed by atoms with Gasteiger partial charge in [0.25, 0.3) is 5.91 Å². The normalized spacial score (nSPS) is 10.2. The molecule has 25 heavy (non-hydrogen) atoms. The van der Waals surface area contributed by atoms with E-state index in [-0.39, 0.29) is 11.6 Å². The number of benzene rings is 2. The fourth-order valence-electron chi connectivity index (χ4n) is 2.33. The van der Waals surface area contributed by atoms with Gasteiger partial charge in [0, 0.05) is 12.7 Å². The fourth-order valence-corrected chi connectivity index (χ4v) is 2.33. The molecule has 1 heterocycles. The molecule has 0 aliphatic heterocycles. The molecule has 0 unspecified atom stereocenters. The average molecular weight is 334 g/mol. The van der Waals surface area contributed by atoms with Crippen molar-refractivity contribution in [1.29, 1.82) is 0 Å². The molecular formula is C19H18N4O2. The van der Waals surface area contributed by atoms with Crippen LogP contribution in [0.1, 0.15) is 10.5 Å². The second kappa shape index (κ2) is 7.44.